The molecule has 0 radical (unpaired) electrons. The van der Waals surface area contributed by atoms with E-state index < -0.39 is 0 Å². The van der Waals surface area contributed by atoms with Crippen molar-refractivity contribution in [1.29, 1.82) is 0 Å². The monoisotopic (exact) mass is 296 g/mol. The minimum atomic E-state index is -0.304. The van der Waals surface area contributed by atoms with E-state index in [9.17, 15) is 9.18 Å². The summed E-state index contributed by atoms with van der Waals surface area (Å²) in [5.41, 5.74) is 6.72. The van der Waals surface area contributed by atoms with Crippen molar-refractivity contribution < 1.29 is 13.9 Å². The maximum atomic E-state index is 13.4. The summed E-state index contributed by atoms with van der Waals surface area (Å²) in [6.07, 6.45) is 0.801. The molecule has 0 aromatic heterocycles. The Hall–Kier alpha value is -1.11. The molecule has 2 aliphatic heterocycles. The van der Waals surface area contributed by atoms with Crippen molar-refractivity contribution >= 4 is 17.7 Å². The summed E-state index contributed by atoms with van der Waals surface area (Å²) in [6, 6.07) is 4.36. The summed E-state index contributed by atoms with van der Waals surface area (Å²) in [7, 11) is 0. The van der Waals surface area contributed by atoms with Crippen molar-refractivity contribution in [2.45, 2.75) is 23.4 Å². The highest BCUT2D eigenvalue weighted by Gasteiger charge is 2.33. The van der Waals surface area contributed by atoms with Gasteiger partial charge in [0.2, 0.25) is 5.91 Å². The van der Waals surface area contributed by atoms with Crippen LogP contribution in [0.4, 0.5) is 4.39 Å². The fourth-order valence-corrected chi connectivity index (χ4v) is 3.74. The Morgan fingerprint density at radius 2 is 2.30 bits per heavy atom. The highest BCUT2D eigenvalue weighted by molar-refractivity contribution is 7.99. The third kappa shape index (κ3) is 2.68. The van der Waals surface area contributed by atoms with Gasteiger partial charge in [-0.15, -0.1) is 11.8 Å². The molecule has 3 N–H and O–H groups in total. The number of amides is 1. The van der Waals surface area contributed by atoms with Crippen LogP contribution in [0.3, 0.4) is 0 Å². The topological polar surface area (TPSA) is 64.3 Å². The van der Waals surface area contributed by atoms with Crippen LogP contribution in [0.25, 0.3) is 0 Å². The van der Waals surface area contributed by atoms with E-state index in [1.54, 1.807) is 17.8 Å². The second-order valence-corrected chi connectivity index (χ2v) is 6.33. The smallest absolute Gasteiger partial charge is 0.227 e. The first-order valence-electron chi connectivity index (χ1n) is 6.71. The van der Waals surface area contributed by atoms with Gasteiger partial charge in [0.05, 0.1) is 25.2 Å². The van der Waals surface area contributed by atoms with Crippen molar-refractivity contribution in [2.24, 2.45) is 11.7 Å². The zero-order chi connectivity index (χ0) is 14.1. The number of nitrogens with one attached hydrogen (secondary N) is 1. The first-order chi connectivity index (χ1) is 9.65. The number of benzene rings is 1. The molecule has 0 spiro atoms. The molecule has 3 atom stereocenters. The van der Waals surface area contributed by atoms with Gasteiger partial charge in [-0.3, -0.25) is 4.79 Å². The summed E-state index contributed by atoms with van der Waals surface area (Å²) in [6.45, 7) is 0.786. The Kier molecular flexibility index (Phi) is 3.96. The molecular formula is C14H17FN2O2S. The second kappa shape index (κ2) is 5.71. The van der Waals surface area contributed by atoms with Crippen molar-refractivity contribution in [3.05, 3.63) is 29.6 Å². The van der Waals surface area contributed by atoms with E-state index in [2.05, 4.69) is 5.32 Å². The summed E-state index contributed by atoms with van der Waals surface area (Å²) in [5.74, 6) is 0.242. The molecule has 6 heteroatoms. The molecular weight excluding hydrogens is 279 g/mol. The molecule has 2 aliphatic rings. The van der Waals surface area contributed by atoms with Gasteiger partial charge in [-0.2, -0.15) is 0 Å². The highest BCUT2D eigenvalue weighted by Crippen LogP contribution is 2.36. The number of carbonyl (C=O) groups excluding carboxylic acids is 1. The lowest BCUT2D eigenvalue weighted by molar-refractivity contribution is -0.126. The first-order valence-corrected chi connectivity index (χ1v) is 7.69. The van der Waals surface area contributed by atoms with E-state index in [-0.39, 0.29) is 29.7 Å². The molecule has 3 rings (SSSR count). The number of hydrogen-bond acceptors (Lipinski definition) is 4. The van der Waals surface area contributed by atoms with Crippen LogP contribution in [0.1, 0.15) is 18.0 Å². The molecule has 2 heterocycles. The fraction of sp³-hybridized carbons (Fsp3) is 0.500. The molecule has 1 fully saturated rings. The predicted molar refractivity (Wildman–Crippen MR) is 74.9 cm³/mol. The fourth-order valence-electron chi connectivity index (χ4n) is 2.63. The maximum Gasteiger partial charge on any atom is 0.227 e. The van der Waals surface area contributed by atoms with Crippen LogP contribution in [0.5, 0.6) is 0 Å². The Balaban J connectivity index is 1.76. The van der Waals surface area contributed by atoms with E-state index in [0.29, 0.717) is 13.2 Å². The molecule has 4 nitrogen and oxygen atoms in total. The van der Waals surface area contributed by atoms with Gasteiger partial charge < -0.3 is 15.8 Å². The lowest BCUT2D eigenvalue weighted by atomic mass is 10.00. The molecule has 1 saturated heterocycles. The van der Waals surface area contributed by atoms with E-state index in [0.717, 1.165) is 22.6 Å². The van der Waals surface area contributed by atoms with E-state index in [4.69, 9.17) is 10.5 Å². The van der Waals surface area contributed by atoms with Crippen LogP contribution in [0.15, 0.2) is 23.1 Å². The predicted octanol–water partition coefficient (Wildman–Crippen LogP) is 1.45. The van der Waals surface area contributed by atoms with Crippen LogP contribution < -0.4 is 11.1 Å². The highest BCUT2D eigenvalue weighted by atomic mass is 32.2. The quantitative estimate of drug-likeness (QED) is 0.867. The summed E-state index contributed by atoms with van der Waals surface area (Å²) < 4.78 is 18.6. The third-order valence-electron chi connectivity index (χ3n) is 3.79. The number of fused-ring (bicyclic) bond motifs is 1. The minimum absolute atomic E-state index is 0.0953. The Labute approximate surface area is 121 Å². The SMILES string of the molecule is NC1COCC1C(=O)NC1CCSc2ccc(F)cc21. The van der Waals surface area contributed by atoms with Crippen molar-refractivity contribution in [1.82, 2.24) is 5.32 Å². The summed E-state index contributed by atoms with van der Waals surface area (Å²) >= 11 is 1.69. The van der Waals surface area contributed by atoms with Crippen molar-refractivity contribution in [2.75, 3.05) is 19.0 Å². The van der Waals surface area contributed by atoms with E-state index in [1.807, 2.05) is 0 Å². The Morgan fingerprint density at radius 1 is 1.45 bits per heavy atom. The summed E-state index contributed by atoms with van der Waals surface area (Å²) in [5, 5.41) is 3.00. The molecule has 20 heavy (non-hydrogen) atoms. The Bertz CT molecular complexity index is 526. The van der Waals surface area contributed by atoms with E-state index in [1.165, 1.54) is 12.1 Å². The average molecular weight is 296 g/mol. The van der Waals surface area contributed by atoms with Gasteiger partial charge in [0.25, 0.3) is 0 Å². The average Bonchev–Trinajstić information content (AvgIpc) is 2.86. The zero-order valence-corrected chi connectivity index (χ0v) is 11.8. The van der Waals surface area contributed by atoms with Gasteiger partial charge in [-0.05, 0) is 30.2 Å². The number of halogens is 1. The van der Waals surface area contributed by atoms with Crippen LogP contribution in [-0.2, 0) is 9.53 Å². The molecule has 1 aromatic carbocycles. The molecule has 0 bridgehead atoms. The van der Waals surface area contributed by atoms with Gasteiger partial charge >= 0.3 is 0 Å². The minimum Gasteiger partial charge on any atom is -0.379 e. The van der Waals surface area contributed by atoms with Crippen LogP contribution in [-0.4, -0.2) is 30.9 Å². The zero-order valence-electron chi connectivity index (χ0n) is 11.0. The van der Waals surface area contributed by atoms with Crippen LogP contribution in [0.2, 0.25) is 0 Å². The lowest BCUT2D eigenvalue weighted by Gasteiger charge is -2.27. The third-order valence-corrected chi connectivity index (χ3v) is 4.91. The number of thioether (sulfide) groups is 1. The molecule has 0 aliphatic carbocycles. The maximum absolute atomic E-state index is 13.4. The number of ether oxygens (including phenoxy) is 1. The number of hydrogen-bond donors (Lipinski definition) is 2. The van der Waals surface area contributed by atoms with Crippen molar-refractivity contribution in [3.63, 3.8) is 0 Å². The van der Waals surface area contributed by atoms with Gasteiger partial charge in [0.15, 0.2) is 0 Å². The van der Waals surface area contributed by atoms with Gasteiger partial charge in [-0.1, -0.05) is 0 Å². The standard InChI is InChI=1S/C14H17FN2O2S/c15-8-1-2-13-9(5-8)12(3-4-20-13)17-14(18)10-6-19-7-11(10)16/h1-2,5,10-12H,3-4,6-7,16H2,(H,17,18). The van der Waals surface area contributed by atoms with Crippen LogP contribution in [0, 0.1) is 11.7 Å². The number of rotatable bonds is 2. The molecule has 1 aromatic rings. The van der Waals surface area contributed by atoms with Gasteiger partial charge in [0.1, 0.15) is 5.82 Å². The molecule has 1 amide bonds. The van der Waals surface area contributed by atoms with Gasteiger partial charge in [0, 0.05) is 16.7 Å². The molecule has 108 valence electrons. The molecule has 0 saturated carbocycles. The number of nitrogens with two attached hydrogens (primary N) is 1. The first kappa shape index (κ1) is 13.9. The largest absolute Gasteiger partial charge is 0.379 e. The Morgan fingerprint density at radius 3 is 3.05 bits per heavy atom. The van der Waals surface area contributed by atoms with E-state index >= 15 is 0 Å². The number of carbonyl (C=O) groups is 1. The van der Waals surface area contributed by atoms with Crippen molar-refractivity contribution in [3.8, 4) is 0 Å². The molecule has 3 unspecified atom stereocenters. The normalized spacial score (nSPS) is 29.0. The second-order valence-electron chi connectivity index (χ2n) is 5.19. The lowest BCUT2D eigenvalue weighted by Crippen LogP contribution is -2.42. The van der Waals surface area contributed by atoms with Gasteiger partial charge in [-0.25, -0.2) is 4.39 Å². The van der Waals surface area contributed by atoms with Crippen LogP contribution >= 0.6 is 11.8 Å². The summed E-state index contributed by atoms with van der Waals surface area (Å²) in [4.78, 5) is 13.3.